The zero-order chi connectivity index (χ0) is 19.6. The number of nitrogens with zero attached hydrogens (tertiary/aromatic N) is 3. The number of aliphatic hydroxyl groups is 1. The molecule has 2 heterocycles. The fourth-order valence-electron chi connectivity index (χ4n) is 3.03. The van der Waals surface area contributed by atoms with Gasteiger partial charge in [-0.2, -0.15) is 0 Å². The van der Waals surface area contributed by atoms with Crippen LogP contribution in [0.25, 0.3) is 5.76 Å². The number of amides is 1. The van der Waals surface area contributed by atoms with Crippen molar-refractivity contribution in [1.82, 2.24) is 14.8 Å². The van der Waals surface area contributed by atoms with Crippen LogP contribution in [0.4, 0.5) is 0 Å². The third-order valence-electron chi connectivity index (χ3n) is 4.41. The zero-order valence-corrected chi connectivity index (χ0v) is 15.8. The molecule has 0 spiro atoms. The Labute approximate surface area is 162 Å². The molecule has 1 aromatic carbocycles. The molecule has 0 aliphatic carbocycles. The molecule has 1 aromatic heterocycles. The van der Waals surface area contributed by atoms with Gasteiger partial charge in [-0.3, -0.25) is 14.6 Å². The van der Waals surface area contributed by atoms with Crippen molar-refractivity contribution in [1.29, 1.82) is 0 Å². The maximum Gasteiger partial charge on any atom is 0.295 e. The van der Waals surface area contributed by atoms with Crippen LogP contribution in [0.1, 0.15) is 17.3 Å². The van der Waals surface area contributed by atoms with E-state index in [4.69, 9.17) is 11.6 Å². The minimum absolute atomic E-state index is 0.0415. The van der Waals surface area contributed by atoms with Crippen molar-refractivity contribution in [2.75, 3.05) is 27.2 Å². The van der Waals surface area contributed by atoms with Crippen molar-refractivity contribution in [2.45, 2.75) is 6.04 Å². The van der Waals surface area contributed by atoms with E-state index in [1.165, 1.54) is 4.90 Å². The first-order chi connectivity index (χ1) is 12.9. The van der Waals surface area contributed by atoms with Crippen LogP contribution in [0.2, 0.25) is 5.02 Å². The number of aliphatic hydroxyl groups excluding tert-OH is 1. The maximum absolute atomic E-state index is 12.7. The van der Waals surface area contributed by atoms with Gasteiger partial charge >= 0.3 is 0 Å². The Hall–Kier alpha value is -2.70. The number of likely N-dealkylation sites (tertiary alicyclic amines) is 1. The molecule has 1 saturated heterocycles. The molecule has 1 fully saturated rings. The Morgan fingerprint density at radius 1 is 1.19 bits per heavy atom. The quantitative estimate of drug-likeness (QED) is 0.486. The highest BCUT2D eigenvalue weighted by Gasteiger charge is 2.46. The van der Waals surface area contributed by atoms with Gasteiger partial charge in [-0.15, -0.1) is 0 Å². The molecular weight excluding hydrogens is 366 g/mol. The summed E-state index contributed by atoms with van der Waals surface area (Å²) in [6.45, 7) is 0.924. The number of halogens is 1. The highest BCUT2D eigenvalue weighted by Crippen LogP contribution is 2.38. The van der Waals surface area contributed by atoms with Crippen LogP contribution < -0.4 is 0 Å². The minimum atomic E-state index is -0.734. The lowest BCUT2D eigenvalue weighted by molar-refractivity contribution is -0.140. The Bertz CT molecular complexity index is 879. The van der Waals surface area contributed by atoms with E-state index in [-0.39, 0.29) is 11.3 Å². The number of benzene rings is 1. The molecular formula is C20H20ClN3O3. The Morgan fingerprint density at radius 2 is 1.89 bits per heavy atom. The first-order valence-electron chi connectivity index (χ1n) is 8.50. The number of likely N-dealkylation sites (N-methyl/N-ethyl adjacent to an activating group) is 1. The smallest absolute Gasteiger partial charge is 0.295 e. The van der Waals surface area contributed by atoms with Crippen molar-refractivity contribution >= 4 is 29.1 Å². The fraction of sp³-hybridized carbons (Fsp3) is 0.250. The highest BCUT2D eigenvalue weighted by molar-refractivity contribution is 6.46. The van der Waals surface area contributed by atoms with Crippen LogP contribution in [0.15, 0.2) is 54.2 Å². The minimum Gasteiger partial charge on any atom is -0.507 e. The molecule has 1 aliphatic heterocycles. The van der Waals surface area contributed by atoms with Gasteiger partial charge in [-0.25, -0.2) is 0 Å². The van der Waals surface area contributed by atoms with E-state index < -0.39 is 17.7 Å². The van der Waals surface area contributed by atoms with E-state index in [2.05, 4.69) is 4.98 Å². The molecule has 6 nitrogen and oxygen atoms in total. The Morgan fingerprint density at radius 3 is 2.48 bits per heavy atom. The molecule has 140 valence electrons. The van der Waals surface area contributed by atoms with E-state index in [9.17, 15) is 14.7 Å². The predicted octanol–water partition coefficient (Wildman–Crippen LogP) is 2.72. The summed E-state index contributed by atoms with van der Waals surface area (Å²) < 4.78 is 0. The average Bonchev–Trinajstić information content (AvgIpc) is 2.91. The monoisotopic (exact) mass is 385 g/mol. The van der Waals surface area contributed by atoms with E-state index in [0.717, 1.165) is 0 Å². The van der Waals surface area contributed by atoms with Gasteiger partial charge in [0, 0.05) is 29.9 Å². The number of aromatic nitrogens is 1. The van der Waals surface area contributed by atoms with Crippen molar-refractivity contribution in [3.63, 3.8) is 0 Å². The Balaban J connectivity index is 2.12. The van der Waals surface area contributed by atoms with Gasteiger partial charge < -0.3 is 14.9 Å². The van der Waals surface area contributed by atoms with Crippen molar-refractivity contribution in [3.8, 4) is 0 Å². The summed E-state index contributed by atoms with van der Waals surface area (Å²) in [6, 6.07) is 11.0. The van der Waals surface area contributed by atoms with Gasteiger partial charge in [0.05, 0.1) is 11.3 Å². The van der Waals surface area contributed by atoms with Gasteiger partial charge in [-0.05, 0) is 50.5 Å². The number of hydrogen-bond donors (Lipinski definition) is 1. The molecule has 1 N–H and O–H groups in total. The maximum atomic E-state index is 12.7. The normalized spacial score (nSPS) is 19.1. The van der Waals surface area contributed by atoms with Crippen LogP contribution in [0.5, 0.6) is 0 Å². The van der Waals surface area contributed by atoms with Crippen LogP contribution in [-0.4, -0.2) is 58.8 Å². The molecule has 1 amide bonds. The highest BCUT2D eigenvalue weighted by atomic mass is 35.5. The first kappa shape index (κ1) is 19.1. The van der Waals surface area contributed by atoms with Crippen LogP contribution in [0, 0.1) is 0 Å². The van der Waals surface area contributed by atoms with Gasteiger partial charge in [0.1, 0.15) is 11.8 Å². The second-order valence-electron chi connectivity index (χ2n) is 6.56. The second-order valence-corrected chi connectivity index (χ2v) is 6.99. The molecule has 0 bridgehead atoms. The van der Waals surface area contributed by atoms with Crippen LogP contribution >= 0.6 is 11.6 Å². The summed E-state index contributed by atoms with van der Waals surface area (Å²) in [7, 11) is 3.78. The lowest BCUT2D eigenvalue weighted by atomic mass is 9.98. The molecule has 3 rings (SSSR count). The van der Waals surface area contributed by atoms with Gasteiger partial charge in [-0.1, -0.05) is 17.7 Å². The van der Waals surface area contributed by atoms with E-state index in [0.29, 0.717) is 29.4 Å². The van der Waals surface area contributed by atoms with E-state index in [1.54, 1.807) is 48.7 Å². The Kier molecular flexibility index (Phi) is 5.58. The van der Waals surface area contributed by atoms with Crippen molar-refractivity contribution < 1.29 is 14.7 Å². The summed E-state index contributed by atoms with van der Waals surface area (Å²) in [4.78, 5) is 33.1. The number of pyridine rings is 1. The topological polar surface area (TPSA) is 73.7 Å². The molecule has 0 radical (unpaired) electrons. The largest absolute Gasteiger partial charge is 0.507 e. The predicted molar refractivity (Wildman–Crippen MR) is 103 cm³/mol. The molecule has 0 unspecified atom stereocenters. The molecule has 1 aliphatic rings. The van der Waals surface area contributed by atoms with Crippen LogP contribution in [0.3, 0.4) is 0 Å². The van der Waals surface area contributed by atoms with Crippen molar-refractivity contribution in [2.24, 2.45) is 0 Å². The summed E-state index contributed by atoms with van der Waals surface area (Å²) in [6.07, 6.45) is 1.60. The number of carbonyl (C=O) groups is 2. The van der Waals surface area contributed by atoms with Gasteiger partial charge in [0.2, 0.25) is 0 Å². The second kappa shape index (κ2) is 7.90. The summed E-state index contributed by atoms with van der Waals surface area (Å²) >= 11 is 5.90. The van der Waals surface area contributed by atoms with Gasteiger partial charge in [0.25, 0.3) is 11.7 Å². The number of ketones is 1. The van der Waals surface area contributed by atoms with Crippen LogP contribution in [-0.2, 0) is 9.59 Å². The summed E-state index contributed by atoms with van der Waals surface area (Å²) in [5.74, 6) is -1.58. The summed E-state index contributed by atoms with van der Waals surface area (Å²) in [5, 5.41) is 11.3. The molecule has 27 heavy (non-hydrogen) atoms. The zero-order valence-electron chi connectivity index (χ0n) is 15.1. The molecule has 7 heteroatoms. The van der Waals surface area contributed by atoms with E-state index in [1.807, 2.05) is 19.0 Å². The molecule has 1 atom stereocenters. The van der Waals surface area contributed by atoms with E-state index >= 15 is 0 Å². The third-order valence-corrected chi connectivity index (χ3v) is 4.67. The number of carbonyl (C=O) groups excluding carboxylic acids is 2. The molecule has 2 aromatic rings. The average molecular weight is 386 g/mol. The standard InChI is InChI=1S/C20H20ClN3O3/c1-23(2)11-12-24-17(15-5-3-4-10-22-15)16(19(26)20(24)27)18(25)13-6-8-14(21)9-7-13/h3-10,17,25H,11-12H2,1-2H3/b18-16+/t17-/m0/s1. The SMILES string of the molecule is CN(C)CCN1C(=O)C(=O)/C(=C(/O)c2ccc(Cl)cc2)[C@@H]1c1ccccn1. The van der Waals surface area contributed by atoms with Gasteiger partial charge in [0.15, 0.2) is 0 Å². The first-order valence-corrected chi connectivity index (χ1v) is 8.88. The number of hydrogen-bond acceptors (Lipinski definition) is 5. The molecule has 0 saturated carbocycles. The van der Waals surface area contributed by atoms with Crippen molar-refractivity contribution in [3.05, 3.63) is 70.5 Å². The number of rotatable bonds is 5. The summed E-state index contributed by atoms with van der Waals surface area (Å²) in [5.41, 5.74) is 0.997. The fourth-order valence-corrected chi connectivity index (χ4v) is 3.15. The number of Topliss-reactive ketones (excluding diaryl/α,β-unsaturated/α-hetero) is 1. The lowest BCUT2D eigenvalue weighted by Gasteiger charge is -2.25. The lowest BCUT2D eigenvalue weighted by Crippen LogP contribution is -2.35. The third kappa shape index (κ3) is 3.86.